The van der Waals surface area contributed by atoms with Crippen LogP contribution in [0.3, 0.4) is 0 Å². The maximum atomic E-state index is 2.45. The van der Waals surface area contributed by atoms with Gasteiger partial charge < -0.3 is 0 Å². The summed E-state index contributed by atoms with van der Waals surface area (Å²) >= 11 is 0. The largest absolute Gasteiger partial charge is 0.0622 e. The van der Waals surface area contributed by atoms with Gasteiger partial charge in [-0.3, -0.25) is 0 Å². The van der Waals surface area contributed by atoms with Crippen molar-refractivity contribution in [2.45, 2.75) is 20.3 Å². The van der Waals surface area contributed by atoms with E-state index >= 15 is 0 Å². The highest BCUT2D eigenvalue weighted by Gasteiger charge is 2.22. The van der Waals surface area contributed by atoms with Crippen molar-refractivity contribution >= 4 is 21.5 Å². The van der Waals surface area contributed by atoms with E-state index in [2.05, 4.69) is 196 Å². The number of hydrogen-bond donors (Lipinski definition) is 0. The molecule has 53 heavy (non-hydrogen) atoms. The van der Waals surface area contributed by atoms with Crippen LogP contribution in [0.4, 0.5) is 0 Å². The molecule has 9 aromatic rings. The van der Waals surface area contributed by atoms with Gasteiger partial charge >= 0.3 is 0 Å². The Bertz CT molecular complexity index is 2740. The number of rotatable bonds is 5. The molecule has 0 saturated heterocycles. The molecule has 0 saturated carbocycles. The lowest BCUT2D eigenvalue weighted by atomic mass is 9.83. The second-order valence-corrected chi connectivity index (χ2v) is 14.6. The summed E-state index contributed by atoms with van der Waals surface area (Å²) < 4.78 is 0. The molecule has 250 valence electrons. The first-order chi connectivity index (χ1) is 26.1. The summed E-state index contributed by atoms with van der Waals surface area (Å²) in [6, 6.07) is 67.4. The molecule has 0 fully saturated rings. The minimum Gasteiger partial charge on any atom is -0.0622 e. The van der Waals surface area contributed by atoms with Crippen molar-refractivity contribution in [2.75, 3.05) is 0 Å². The highest BCUT2D eigenvalue weighted by molar-refractivity contribution is 6.21. The zero-order valence-corrected chi connectivity index (χ0v) is 30.0. The second-order valence-electron chi connectivity index (χ2n) is 14.6. The lowest BCUT2D eigenvalue weighted by Crippen LogP contribution is -1.95. The Morgan fingerprint density at radius 2 is 0.755 bits per heavy atom. The summed E-state index contributed by atoms with van der Waals surface area (Å²) in [4.78, 5) is 0. The predicted octanol–water partition coefficient (Wildman–Crippen LogP) is 14.5. The molecule has 0 radical (unpaired) electrons. The number of benzene rings is 9. The van der Waals surface area contributed by atoms with E-state index in [4.69, 9.17) is 0 Å². The van der Waals surface area contributed by atoms with Gasteiger partial charge in [-0.05, 0) is 149 Å². The van der Waals surface area contributed by atoms with Crippen molar-refractivity contribution in [2.24, 2.45) is 0 Å². The molecule has 0 bridgehead atoms. The fraction of sp³-hybridized carbons (Fsp3) is 0.0566. The molecule has 0 spiro atoms. The van der Waals surface area contributed by atoms with Crippen molar-refractivity contribution < 1.29 is 0 Å². The summed E-state index contributed by atoms with van der Waals surface area (Å²) in [6.45, 7) is 4.56. The molecule has 0 nitrogen and oxygen atoms in total. The third kappa shape index (κ3) is 5.30. The molecule has 1 aliphatic rings. The Labute approximate surface area is 311 Å². The summed E-state index contributed by atoms with van der Waals surface area (Å²) in [5.41, 5.74) is 20.7. The predicted molar refractivity (Wildman–Crippen MR) is 226 cm³/mol. The van der Waals surface area contributed by atoms with Crippen LogP contribution in [0.5, 0.6) is 0 Å². The molecule has 0 unspecified atom stereocenters. The van der Waals surface area contributed by atoms with Gasteiger partial charge in [-0.1, -0.05) is 164 Å². The Balaban J connectivity index is 1.15. The van der Waals surface area contributed by atoms with Gasteiger partial charge in [-0.15, -0.1) is 0 Å². The van der Waals surface area contributed by atoms with Crippen LogP contribution in [0.2, 0.25) is 0 Å². The van der Waals surface area contributed by atoms with Crippen LogP contribution in [-0.2, 0) is 6.42 Å². The molecule has 0 atom stereocenters. The molecule has 9 aromatic carbocycles. The lowest BCUT2D eigenvalue weighted by Gasteiger charge is -2.21. The van der Waals surface area contributed by atoms with E-state index in [1.54, 1.807) is 0 Å². The van der Waals surface area contributed by atoms with E-state index in [1.165, 1.54) is 111 Å². The van der Waals surface area contributed by atoms with Gasteiger partial charge in [-0.2, -0.15) is 0 Å². The van der Waals surface area contributed by atoms with Crippen molar-refractivity contribution in [1.82, 2.24) is 0 Å². The molecule has 0 N–H and O–H groups in total. The summed E-state index contributed by atoms with van der Waals surface area (Å²) in [6.07, 6.45) is 0.985. The quantitative estimate of drug-likeness (QED) is 0.159. The van der Waals surface area contributed by atoms with Crippen molar-refractivity contribution in [3.05, 3.63) is 204 Å². The van der Waals surface area contributed by atoms with Crippen molar-refractivity contribution in [3.63, 3.8) is 0 Å². The Kier molecular flexibility index (Phi) is 7.44. The first-order valence-electron chi connectivity index (χ1n) is 18.6. The highest BCUT2D eigenvalue weighted by Crippen LogP contribution is 2.47. The Hall–Kier alpha value is -6.50. The number of fused-ring (bicyclic) bond motifs is 5. The van der Waals surface area contributed by atoms with Gasteiger partial charge in [0.2, 0.25) is 0 Å². The third-order valence-corrected chi connectivity index (χ3v) is 11.3. The SMILES string of the molecule is Cc1cc(-c2c3ccccc3c(-c3ccc4c(c3)Cc3ccccc3-4)c3ccccc23)c(C)cc1-c1cc(-c2ccccc2)cc(-c2ccccc2)c1. The first kappa shape index (κ1) is 31.3. The summed E-state index contributed by atoms with van der Waals surface area (Å²) in [5, 5.41) is 5.16. The molecule has 10 rings (SSSR count). The van der Waals surface area contributed by atoms with Crippen LogP contribution in [0.1, 0.15) is 22.3 Å². The maximum Gasteiger partial charge on any atom is -0.00132 e. The standard InChI is InChI=1S/C53H38/c1-34-28-51(35(2)27-50(34)43-32-40(36-15-5-3-6-16-36)31-41(33-43)37-17-7-4-8-18-37)53-48-23-13-11-21-46(48)52(47-22-12-14-24-49(47)53)39-25-26-45-42(30-39)29-38-19-9-10-20-44(38)45/h3-28,30-33H,29H2,1-2H3. The van der Waals surface area contributed by atoms with Crippen LogP contribution in [0.25, 0.3) is 88.3 Å². The molecule has 1 aliphatic carbocycles. The molecular weight excluding hydrogens is 637 g/mol. The van der Waals surface area contributed by atoms with Crippen molar-refractivity contribution in [1.29, 1.82) is 0 Å². The van der Waals surface area contributed by atoms with Gasteiger partial charge in [0, 0.05) is 0 Å². The molecule has 0 aromatic heterocycles. The molecular formula is C53H38. The minimum atomic E-state index is 0.985. The number of hydrogen-bond acceptors (Lipinski definition) is 0. The fourth-order valence-electron chi connectivity index (χ4n) is 8.80. The van der Waals surface area contributed by atoms with Crippen LogP contribution in [-0.4, -0.2) is 0 Å². The van der Waals surface area contributed by atoms with E-state index in [0.717, 1.165) is 6.42 Å². The van der Waals surface area contributed by atoms with Gasteiger partial charge in [0.1, 0.15) is 0 Å². The molecule has 0 heteroatoms. The lowest BCUT2D eigenvalue weighted by molar-refractivity contribution is 1.26. The van der Waals surface area contributed by atoms with Crippen LogP contribution in [0.15, 0.2) is 182 Å². The van der Waals surface area contributed by atoms with E-state index in [1.807, 2.05) is 0 Å². The van der Waals surface area contributed by atoms with E-state index in [0.29, 0.717) is 0 Å². The normalized spacial score (nSPS) is 11.9. The monoisotopic (exact) mass is 674 g/mol. The maximum absolute atomic E-state index is 2.45. The highest BCUT2D eigenvalue weighted by atomic mass is 14.3. The first-order valence-corrected chi connectivity index (χ1v) is 18.6. The fourth-order valence-corrected chi connectivity index (χ4v) is 8.80. The van der Waals surface area contributed by atoms with Crippen molar-refractivity contribution in [3.8, 4) is 66.8 Å². The zero-order chi connectivity index (χ0) is 35.5. The van der Waals surface area contributed by atoms with Gasteiger partial charge in [-0.25, -0.2) is 0 Å². The summed E-state index contributed by atoms with van der Waals surface area (Å²) in [5.74, 6) is 0. The van der Waals surface area contributed by atoms with Gasteiger partial charge in [0.05, 0.1) is 0 Å². The van der Waals surface area contributed by atoms with E-state index < -0.39 is 0 Å². The Morgan fingerprint density at radius 3 is 1.38 bits per heavy atom. The average Bonchev–Trinajstić information content (AvgIpc) is 3.59. The minimum absolute atomic E-state index is 0.985. The van der Waals surface area contributed by atoms with E-state index in [-0.39, 0.29) is 0 Å². The smallest absolute Gasteiger partial charge is 0.00132 e. The van der Waals surface area contributed by atoms with Crippen LogP contribution < -0.4 is 0 Å². The van der Waals surface area contributed by atoms with Gasteiger partial charge in [0.15, 0.2) is 0 Å². The topological polar surface area (TPSA) is 0 Å². The summed E-state index contributed by atoms with van der Waals surface area (Å²) in [7, 11) is 0. The number of aryl methyl sites for hydroxylation is 2. The Morgan fingerprint density at radius 1 is 0.283 bits per heavy atom. The van der Waals surface area contributed by atoms with Gasteiger partial charge in [0.25, 0.3) is 0 Å². The van der Waals surface area contributed by atoms with Crippen LogP contribution >= 0.6 is 0 Å². The van der Waals surface area contributed by atoms with Crippen LogP contribution in [0, 0.1) is 13.8 Å². The average molecular weight is 675 g/mol. The molecule has 0 heterocycles. The second kappa shape index (κ2) is 12.6. The molecule has 0 aliphatic heterocycles. The third-order valence-electron chi connectivity index (χ3n) is 11.3. The van der Waals surface area contributed by atoms with E-state index in [9.17, 15) is 0 Å². The molecule has 0 amide bonds. The zero-order valence-electron chi connectivity index (χ0n) is 30.0.